The van der Waals surface area contributed by atoms with Crippen LogP contribution >= 0.6 is 0 Å². The molecule has 2 rings (SSSR count). The topological polar surface area (TPSA) is 29.5 Å². The van der Waals surface area contributed by atoms with Crippen molar-refractivity contribution in [3.63, 3.8) is 0 Å². The first-order valence-electron chi connectivity index (χ1n) is 7.68. The molecule has 0 aliphatic heterocycles. The van der Waals surface area contributed by atoms with Crippen LogP contribution in [-0.4, -0.2) is 27.2 Å². The molecule has 3 atom stereocenters. The van der Waals surface area contributed by atoms with Gasteiger partial charge in [0.15, 0.2) is 0 Å². The van der Waals surface area contributed by atoms with Gasteiger partial charge in [-0.05, 0) is 0 Å². The normalized spacial score (nSPS) is 15.3. The fourth-order valence-electron chi connectivity index (χ4n) is 2.59. The first-order chi connectivity index (χ1) is 10.7. The molecule has 0 bridgehead atoms. The minimum atomic E-state index is -0.372. The second kappa shape index (κ2) is 8.50. The number of methoxy groups -OCH3 is 1. The van der Waals surface area contributed by atoms with Crippen molar-refractivity contribution in [2.45, 2.75) is 37.3 Å². The van der Waals surface area contributed by atoms with E-state index < -0.39 is 0 Å². The molecular formula is C19H24O2Se. The fourth-order valence-corrected chi connectivity index (χ4v) is 5.29. The monoisotopic (exact) mass is 364 g/mol. The first-order valence-corrected chi connectivity index (χ1v) is 9.53. The Kier molecular flexibility index (Phi) is 6.66. The number of aliphatic hydroxyl groups is 1. The molecule has 0 saturated carbocycles. The van der Waals surface area contributed by atoms with Crippen molar-refractivity contribution >= 4 is 19.4 Å². The molecule has 3 heteroatoms. The molecule has 2 nitrogen and oxygen atoms in total. The number of hydrogen-bond donors (Lipinski definition) is 1. The number of rotatable bonds is 7. The summed E-state index contributed by atoms with van der Waals surface area (Å²) in [6.07, 6.45) is 0.462. The van der Waals surface area contributed by atoms with Crippen molar-refractivity contribution in [2.24, 2.45) is 0 Å². The molecule has 0 aliphatic carbocycles. The van der Waals surface area contributed by atoms with Crippen molar-refractivity contribution in [1.29, 1.82) is 0 Å². The van der Waals surface area contributed by atoms with Crippen molar-refractivity contribution in [3.05, 3.63) is 65.7 Å². The van der Waals surface area contributed by atoms with Crippen LogP contribution in [0.2, 0.25) is 4.82 Å². The summed E-state index contributed by atoms with van der Waals surface area (Å²) in [6.45, 7) is 4.25. The first kappa shape index (κ1) is 17.2. The van der Waals surface area contributed by atoms with Crippen LogP contribution in [0, 0.1) is 0 Å². The minimum absolute atomic E-state index is 0.0908. The van der Waals surface area contributed by atoms with Gasteiger partial charge < -0.3 is 0 Å². The summed E-state index contributed by atoms with van der Waals surface area (Å²) in [4.78, 5) is 0.394. The van der Waals surface area contributed by atoms with Crippen LogP contribution in [0.3, 0.4) is 0 Å². The summed E-state index contributed by atoms with van der Waals surface area (Å²) in [5, 5.41) is 10.2. The molecule has 0 aromatic heterocycles. The van der Waals surface area contributed by atoms with E-state index in [1.165, 1.54) is 10.0 Å². The molecular weight excluding hydrogens is 339 g/mol. The zero-order valence-electron chi connectivity index (χ0n) is 13.4. The molecule has 0 aliphatic rings. The summed E-state index contributed by atoms with van der Waals surface area (Å²) in [6, 6.07) is 18.6. The molecule has 22 heavy (non-hydrogen) atoms. The van der Waals surface area contributed by atoms with Crippen molar-refractivity contribution in [2.75, 3.05) is 7.11 Å². The van der Waals surface area contributed by atoms with E-state index >= 15 is 0 Å². The molecule has 2 aromatic rings. The van der Waals surface area contributed by atoms with Crippen LogP contribution in [0.4, 0.5) is 0 Å². The molecule has 0 amide bonds. The molecule has 0 radical (unpaired) electrons. The Labute approximate surface area is 139 Å². The molecule has 0 fully saturated rings. The maximum atomic E-state index is 10.2. The van der Waals surface area contributed by atoms with Gasteiger partial charge in [0.25, 0.3) is 0 Å². The van der Waals surface area contributed by atoms with Gasteiger partial charge in [-0.3, -0.25) is 0 Å². The van der Waals surface area contributed by atoms with E-state index in [0.29, 0.717) is 4.82 Å². The van der Waals surface area contributed by atoms with Crippen LogP contribution < -0.4 is 4.46 Å². The van der Waals surface area contributed by atoms with Crippen LogP contribution in [0.25, 0.3) is 0 Å². The number of ether oxygens (including phenoxy) is 1. The summed E-state index contributed by atoms with van der Waals surface area (Å²) >= 11 is 0.239. The predicted octanol–water partition coefficient (Wildman–Crippen LogP) is 3.66. The molecule has 0 spiro atoms. The zero-order valence-corrected chi connectivity index (χ0v) is 15.1. The van der Waals surface area contributed by atoms with Crippen LogP contribution in [0.5, 0.6) is 0 Å². The summed E-state index contributed by atoms with van der Waals surface area (Å²) < 4.78 is 7.02. The molecule has 0 saturated heterocycles. The van der Waals surface area contributed by atoms with Gasteiger partial charge in [0.2, 0.25) is 0 Å². The fraction of sp³-hybridized carbons (Fsp3) is 0.368. The predicted molar refractivity (Wildman–Crippen MR) is 92.7 cm³/mol. The quantitative estimate of drug-likeness (QED) is 0.761. The Morgan fingerprint density at radius 1 is 1.05 bits per heavy atom. The summed E-state index contributed by atoms with van der Waals surface area (Å²) in [5.41, 5.74) is 2.28. The average molecular weight is 363 g/mol. The third-order valence-electron chi connectivity index (χ3n) is 3.79. The summed E-state index contributed by atoms with van der Waals surface area (Å²) in [7, 11) is 1.77. The van der Waals surface area contributed by atoms with Crippen LogP contribution in [0.15, 0.2) is 54.6 Å². The number of aliphatic hydroxyl groups excluding tert-OH is 1. The Morgan fingerprint density at radius 2 is 1.68 bits per heavy atom. The number of hydrogen-bond acceptors (Lipinski definition) is 2. The van der Waals surface area contributed by atoms with Gasteiger partial charge >= 0.3 is 139 Å². The van der Waals surface area contributed by atoms with E-state index in [1.807, 2.05) is 25.1 Å². The van der Waals surface area contributed by atoms with E-state index in [4.69, 9.17) is 4.74 Å². The molecule has 0 unspecified atom stereocenters. The van der Waals surface area contributed by atoms with Gasteiger partial charge in [-0.15, -0.1) is 0 Å². The van der Waals surface area contributed by atoms with Gasteiger partial charge in [-0.25, -0.2) is 0 Å². The maximum absolute atomic E-state index is 10.2. The Balaban J connectivity index is 2.19. The summed E-state index contributed by atoms with van der Waals surface area (Å²) in [5.74, 6) is 0. The van der Waals surface area contributed by atoms with E-state index in [1.54, 1.807) is 7.11 Å². The SMILES string of the molecule is CC[C@H](O)c1ccccc1[Se][C@@H](C)[C@H](OC)c1ccccc1. The molecule has 118 valence electrons. The standard InChI is InChI=1S/C19H24O2Se/c1-4-17(20)16-12-8-9-13-18(16)22-14(2)19(21-3)15-10-6-5-7-11-15/h5-14,17,19-20H,4H2,1-3H3/t14-,17-,19-/m0/s1. The molecule has 0 heterocycles. The number of benzene rings is 2. The van der Waals surface area contributed by atoms with Crippen LogP contribution in [0.1, 0.15) is 43.6 Å². The van der Waals surface area contributed by atoms with E-state index in [2.05, 4.69) is 43.3 Å². The third kappa shape index (κ3) is 4.21. The second-order valence-electron chi connectivity index (χ2n) is 5.35. The zero-order chi connectivity index (χ0) is 15.9. The van der Waals surface area contributed by atoms with Gasteiger partial charge in [0.1, 0.15) is 0 Å². The van der Waals surface area contributed by atoms with E-state index in [-0.39, 0.29) is 27.2 Å². The van der Waals surface area contributed by atoms with Crippen LogP contribution in [-0.2, 0) is 4.74 Å². The second-order valence-corrected chi connectivity index (χ2v) is 8.33. The Hall–Kier alpha value is -1.12. The van der Waals surface area contributed by atoms with E-state index in [0.717, 1.165) is 12.0 Å². The van der Waals surface area contributed by atoms with E-state index in [9.17, 15) is 5.11 Å². The van der Waals surface area contributed by atoms with Gasteiger partial charge in [-0.2, -0.15) is 0 Å². The van der Waals surface area contributed by atoms with Crippen molar-refractivity contribution in [3.8, 4) is 0 Å². The van der Waals surface area contributed by atoms with Gasteiger partial charge in [0, 0.05) is 0 Å². The Morgan fingerprint density at radius 3 is 2.32 bits per heavy atom. The third-order valence-corrected chi connectivity index (χ3v) is 6.40. The average Bonchev–Trinajstić information content (AvgIpc) is 2.56. The van der Waals surface area contributed by atoms with Crippen molar-refractivity contribution in [1.82, 2.24) is 0 Å². The van der Waals surface area contributed by atoms with Gasteiger partial charge in [-0.1, -0.05) is 0 Å². The van der Waals surface area contributed by atoms with Crippen molar-refractivity contribution < 1.29 is 9.84 Å². The van der Waals surface area contributed by atoms with Gasteiger partial charge in [0.05, 0.1) is 0 Å². The Bertz CT molecular complexity index is 571. The molecule has 2 aromatic carbocycles. The molecule has 1 N–H and O–H groups in total.